The van der Waals surface area contributed by atoms with E-state index in [-0.39, 0.29) is 0 Å². The Kier molecular flexibility index (Phi) is 4.26. The Morgan fingerprint density at radius 2 is 2.12 bits per heavy atom. The van der Waals surface area contributed by atoms with Gasteiger partial charge < -0.3 is 15.4 Å². The number of rotatable bonds is 4. The van der Waals surface area contributed by atoms with Gasteiger partial charge in [0, 0.05) is 18.3 Å². The Labute approximate surface area is 104 Å². The standard InChI is InChI=1S/C14H22N2O/c1-11-3-4-13(17-2)9-14(11)16-10-12-5-7-15-8-6-12/h3-4,9,12,15-16H,5-8,10H2,1-2H3. The van der Waals surface area contributed by atoms with E-state index in [1.54, 1.807) is 7.11 Å². The van der Waals surface area contributed by atoms with Crippen LogP contribution in [0.1, 0.15) is 18.4 Å². The van der Waals surface area contributed by atoms with Gasteiger partial charge in [0.25, 0.3) is 0 Å². The monoisotopic (exact) mass is 234 g/mol. The van der Waals surface area contributed by atoms with Crippen molar-refractivity contribution in [3.63, 3.8) is 0 Å². The number of hydrogen-bond donors (Lipinski definition) is 2. The second-order valence-corrected chi connectivity index (χ2v) is 4.76. The van der Waals surface area contributed by atoms with Crippen molar-refractivity contribution in [1.82, 2.24) is 5.32 Å². The molecule has 0 radical (unpaired) electrons. The zero-order valence-corrected chi connectivity index (χ0v) is 10.8. The molecule has 94 valence electrons. The predicted molar refractivity (Wildman–Crippen MR) is 71.8 cm³/mol. The van der Waals surface area contributed by atoms with Crippen LogP contribution in [0.25, 0.3) is 0 Å². The highest BCUT2D eigenvalue weighted by molar-refractivity contribution is 5.54. The average molecular weight is 234 g/mol. The minimum atomic E-state index is 0.793. The van der Waals surface area contributed by atoms with Gasteiger partial charge >= 0.3 is 0 Å². The van der Waals surface area contributed by atoms with Gasteiger partial charge in [-0.3, -0.25) is 0 Å². The lowest BCUT2D eigenvalue weighted by Crippen LogP contribution is -2.31. The Morgan fingerprint density at radius 1 is 1.35 bits per heavy atom. The van der Waals surface area contributed by atoms with Crippen LogP contribution in [0.5, 0.6) is 5.75 Å². The van der Waals surface area contributed by atoms with Gasteiger partial charge in [-0.05, 0) is 50.4 Å². The number of anilines is 1. The molecule has 3 nitrogen and oxygen atoms in total. The van der Waals surface area contributed by atoms with Crippen molar-refractivity contribution >= 4 is 5.69 Å². The molecule has 0 saturated carbocycles. The molecule has 2 rings (SSSR count). The lowest BCUT2D eigenvalue weighted by atomic mass is 9.98. The van der Waals surface area contributed by atoms with Gasteiger partial charge in [0.1, 0.15) is 5.75 Å². The zero-order valence-electron chi connectivity index (χ0n) is 10.8. The number of methoxy groups -OCH3 is 1. The summed E-state index contributed by atoms with van der Waals surface area (Å²) in [5.41, 5.74) is 2.47. The van der Waals surface area contributed by atoms with E-state index in [2.05, 4.69) is 29.7 Å². The largest absolute Gasteiger partial charge is 0.497 e. The number of benzene rings is 1. The third-order valence-electron chi connectivity index (χ3n) is 3.48. The number of hydrogen-bond acceptors (Lipinski definition) is 3. The molecular weight excluding hydrogens is 212 g/mol. The Hall–Kier alpha value is -1.22. The van der Waals surface area contributed by atoms with Gasteiger partial charge in [0.15, 0.2) is 0 Å². The quantitative estimate of drug-likeness (QED) is 0.839. The van der Waals surface area contributed by atoms with E-state index >= 15 is 0 Å². The first-order valence-electron chi connectivity index (χ1n) is 6.39. The first-order valence-corrected chi connectivity index (χ1v) is 6.39. The molecule has 0 aliphatic carbocycles. The van der Waals surface area contributed by atoms with Crippen molar-refractivity contribution in [2.45, 2.75) is 19.8 Å². The third kappa shape index (κ3) is 3.37. The summed E-state index contributed by atoms with van der Waals surface area (Å²) < 4.78 is 5.25. The number of nitrogens with one attached hydrogen (secondary N) is 2. The summed E-state index contributed by atoms with van der Waals surface area (Å²) in [5, 5.41) is 6.94. The molecule has 0 atom stereocenters. The number of ether oxygens (including phenoxy) is 1. The fourth-order valence-corrected chi connectivity index (χ4v) is 2.26. The van der Waals surface area contributed by atoms with Gasteiger partial charge in [0.05, 0.1) is 7.11 Å². The minimum absolute atomic E-state index is 0.793. The van der Waals surface area contributed by atoms with Crippen LogP contribution >= 0.6 is 0 Å². The molecule has 0 amide bonds. The number of piperidine rings is 1. The first kappa shape index (κ1) is 12.2. The molecule has 1 saturated heterocycles. The van der Waals surface area contributed by atoms with Gasteiger partial charge in [-0.25, -0.2) is 0 Å². The summed E-state index contributed by atoms with van der Waals surface area (Å²) in [6, 6.07) is 6.19. The van der Waals surface area contributed by atoms with Crippen LogP contribution in [-0.2, 0) is 0 Å². The zero-order chi connectivity index (χ0) is 12.1. The summed E-state index contributed by atoms with van der Waals surface area (Å²) in [7, 11) is 1.71. The van der Waals surface area contributed by atoms with Crippen LogP contribution in [-0.4, -0.2) is 26.7 Å². The SMILES string of the molecule is COc1ccc(C)c(NCC2CCNCC2)c1. The smallest absolute Gasteiger partial charge is 0.120 e. The maximum atomic E-state index is 5.25. The lowest BCUT2D eigenvalue weighted by molar-refractivity contribution is 0.389. The molecule has 3 heteroatoms. The minimum Gasteiger partial charge on any atom is -0.497 e. The highest BCUT2D eigenvalue weighted by Gasteiger charge is 2.12. The summed E-state index contributed by atoms with van der Waals surface area (Å²) in [6.07, 6.45) is 2.55. The van der Waals surface area contributed by atoms with Crippen molar-refractivity contribution < 1.29 is 4.74 Å². The maximum Gasteiger partial charge on any atom is 0.120 e. The summed E-state index contributed by atoms with van der Waals surface area (Å²) in [4.78, 5) is 0. The van der Waals surface area contributed by atoms with E-state index in [0.29, 0.717) is 0 Å². The fourth-order valence-electron chi connectivity index (χ4n) is 2.26. The normalized spacial score (nSPS) is 16.8. The molecule has 1 aliphatic rings. The molecule has 1 aromatic rings. The Morgan fingerprint density at radius 3 is 2.82 bits per heavy atom. The van der Waals surface area contributed by atoms with E-state index < -0.39 is 0 Å². The van der Waals surface area contributed by atoms with Crippen LogP contribution in [0.4, 0.5) is 5.69 Å². The molecule has 2 N–H and O–H groups in total. The van der Waals surface area contributed by atoms with E-state index in [1.165, 1.54) is 24.1 Å². The molecule has 0 unspecified atom stereocenters. The van der Waals surface area contributed by atoms with Gasteiger partial charge in [0.2, 0.25) is 0 Å². The topological polar surface area (TPSA) is 33.3 Å². The van der Waals surface area contributed by atoms with E-state index in [4.69, 9.17) is 4.74 Å². The molecular formula is C14H22N2O. The molecule has 17 heavy (non-hydrogen) atoms. The Balaban J connectivity index is 1.92. The molecule has 1 fully saturated rings. The van der Waals surface area contributed by atoms with Crippen molar-refractivity contribution in [2.75, 3.05) is 32.1 Å². The summed E-state index contributed by atoms with van der Waals surface area (Å²) >= 11 is 0. The van der Waals surface area contributed by atoms with Crippen molar-refractivity contribution in [2.24, 2.45) is 5.92 Å². The highest BCUT2D eigenvalue weighted by atomic mass is 16.5. The summed E-state index contributed by atoms with van der Waals surface area (Å²) in [6.45, 7) is 5.51. The second kappa shape index (κ2) is 5.92. The predicted octanol–water partition coefficient (Wildman–Crippen LogP) is 2.42. The maximum absolute atomic E-state index is 5.25. The van der Waals surface area contributed by atoms with Gasteiger partial charge in [-0.15, -0.1) is 0 Å². The highest BCUT2D eigenvalue weighted by Crippen LogP contribution is 2.22. The van der Waals surface area contributed by atoms with Gasteiger partial charge in [-0.1, -0.05) is 6.07 Å². The van der Waals surface area contributed by atoms with Crippen molar-refractivity contribution in [3.8, 4) is 5.75 Å². The van der Waals surface area contributed by atoms with Crippen LogP contribution < -0.4 is 15.4 Å². The van der Waals surface area contributed by atoms with Crippen LogP contribution in [0, 0.1) is 12.8 Å². The molecule has 1 heterocycles. The fraction of sp³-hybridized carbons (Fsp3) is 0.571. The van der Waals surface area contributed by atoms with E-state index in [1.807, 2.05) is 6.07 Å². The lowest BCUT2D eigenvalue weighted by Gasteiger charge is -2.23. The first-order chi connectivity index (χ1) is 8.29. The Bertz CT molecular complexity index is 359. The van der Waals surface area contributed by atoms with Crippen molar-refractivity contribution in [3.05, 3.63) is 23.8 Å². The molecule has 0 aromatic heterocycles. The van der Waals surface area contributed by atoms with Crippen LogP contribution in [0.15, 0.2) is 18.2 Å². The van der Waals surface area contributed by atoms with Gasteiger partial charge in [-0.2, -0.15) is 0 Å². The molecule has 0 bridgehead atoms. The number of aryl methyl sites for hydroxylation is 1. The molecule has 1 aliphatic heterocycles. The summed E-state index contributed by atoms with van der Waals surface area (Å²) in [5.74, 6) is 1.71. The van der Waals surface area contributed by atoms with E-state index in [9.17, 15) is 0 Å². The average Bonchev–Trinajstić information content (AvgIpc) is 2.39. The molecule has 1 aromatic carbocycles. The van der Waals surface area contributed by atoms with Crippen LogP contribution in [0.3, 0.4) is 0 Å². The second-order valence-electron chi connectivity index (χ2n) is 4.76. The van der Waals surface area contributed by atoms with Crippen molar-refractivity contribution in [1.29, 1.82) is 0 Å². The van der Waals surface area contributed by atoms with E-state index in [0.717, 1.165) is 31.3 Å². The van der Waals surface area contributed by atoms with Crippen LogP contribution in [0.2, 0.25) is 0 Å². The molecule has 0 spiro atoms. The third-order valence-corrected chi connectivity index (χ3v) is 3.48.